The Morgan fingerprint density at radius 3 is 2.31 bits per heavy atom. The summed E-state index contributed by atoms with van der Waals surface area (Å²) < 4.78 is 5.60. The predicted molar refractivity (Wildman–Crippen MR) is 110 cm³/mol. The summed E-state index contributed by atoms with van der Waals surface area (Å²) in [7, 11) is 0. The van der Waals surface area contributed by atoms with Crippen molar-refractivity contribution in [2.75, 3.05) is 13.2 Å². The molecular weight excluding hydrogens is 318 g/mol. The van der Waals surface area contributed by atoms with E-state index >= 15 is 0 Å². The van der Waals surface area contributed by atoms with E-state index in [0.717, 1.165) is 19.6 Å². The molecule has 0 aliphatic heterocycles. The van der Waals surface area contributed by atoms with Gasteiger partial charge in [-0.25, -0.2) is 0 Å². The van der Waals surface area contributed by atoms with E-state index in [9.17, 15) is 0 Å². The number of benzene rings is 2. The lowest BCUT2D eigenvalue weighted by atomic mass is 9.87. The van der Waals surface area contributed by atoms with E-state index < -0.39 is 0 Å². The van der Waals surface area contributed by atoms with Gasteiger partial charge in [0.1, 0.15) is 0 Å². The molecule has 0 aliphatic rings. The molecule has 0 aromatic heterocycles. The molecule has 1 atom stereocenters. The highest BCUT2D eigenvalue weighted by atomic mass is 16.5. The van der Waals surface area contributed by atoms with Gasteiger partial charge in [-0.15, -0.1) is 0 Å². The zero-order valence-corrected chi connectivity index (χ0v) is 17.0. The molecule has 2 rings (SSSR count). The molecule has 0 aliphatic carbocycles. The van der Waals surface area contributed by atoms with Crippen LogP contribution in [-0.4, -0.2) is 30.1 Å². The van der Waals surface area contributed by atoms with Crippen LogP contribution in [0.2, 0.25) is 0 Å². The lowest BCUT2D eigenvalue weighted by Gasteiger charge is -2.32. The van der Waals surface area contributed by atoms with Crippen LogP contribution in [0.1, 0.15) is 63.6 Å². The van der Waals surface area contributed by atoms with E-state index in [1.54, 1.807) is 0 Å². The van der Waals surface area contributed by atoms with Gasteiger partial charge < -0.3 is 4.74 Å². The molecule has 2 aromatic rings. The van der Waals surface area contributed by atoms with E-state index in [-0.39, 0.29) is 0 Å². The van der Waals surface area contributed by atoms with E-state index in [1.807, 2.05) is 13.0 Å². The number of rotatable bonds is 10. The van der Waals surface area contributed by atoms with Crippen molar-refractivity contribution in [3.05, 3.63) is 71.3 Å². The number of nitrogens with zero attached hydrogens (tertiary/aromatic N) is 1. The Hall–Kier alpha value is -1.64. The van der Waals surface area contributed by atoms with Crippen LogP contribution in [-0.2, 0) is 11.3 Å². The SMILES string of the molecule is CCOCc1cc[c]c(C(CCN(C(C)C)C(C)C)c2ccccc2)c1. The Labute approximate surface area is 160 Å². The molecule has 26 heavy (non-hydrogen) atoms. The van der Waals surface area contributed by atoms with Crippen LogP contribution in [0.3, 0.4) is 0 Å². The first-order valence-electron chi connectivity index (χ1n) is 9.91. The number of hydrogen-bond acceptors (Lipinski definition) is 2. The molecule has 1 radical (unpaired) electrons. The third kappa shape index (κ3) is 5.96. The molecule has 0 fully saturated rings. The standard InChI is InChI=1S/C24H34NO/c1-6-26-18-21-11-10-14-23(17-21)24(22-12-8-7-9-13-22)15-16-25(19(2)3)20(4)5/h7-13,17,19-20,24H,6,15-16,18H2,1-5H3. The van der Waals surface area contributed by atoms with E-state index in [0.29, 0.717) is 24.6 Å². The van der Waals surface area contributed by atoms with E-state index in [2.05, 4.69) is 81.1 Å². The van der Waals surface area contributed by atoms with Crippen molar-refractivity contribution in [1.29, 1.82) is 0 Å². The first-order valence-corrected chi connectivity index (χ1v) is 9.91. The predicted octanol–water partition coefficient (Wildman–Crippen LogP) is 5.66. The summed E-state index contributed by atoms with van der Waals surface area (Å²) >= 11 is 0. The quantitative estimate of drug-likeness (QED) is 0.547. The van der Waals surface area contributed by atoms with Gasteiger partial charge in [-0.1, -0.05) is 48.5 Å². The number of hydrogen-bond donors (Lipinski definition) is 0. The molecule has 0 saturated carbocycles. The summed E-state index contributed by atoms with van der Waals surface area (Å²) in [5.74, 6) is 0.359. The van der Waals surface area contributed by atoms with E-state index in [1.165, 1.54) is 16.7 Å². The minimum Gasteiger partial charge on any atom is -0.377 e. The fraction of sp³-hybridized carbons (Fsp3) is 0.500. The fourth-order valence-electron chi connectivity index (χ4n) is 3.62. The Morgan fingerprint density at radius 2 is 1.69 bits per heavy atom. The zero-order valence-electron chi connectivity index (χ0n) is 17.0. The Morgan fingerprint density at radius 1 is 1.00 bits per heavy atom. The third-order valence-electron chi connectivity index (χ3n) is 4.94. The average molecular weight is 353 g/mol. The molecule has 0 amide bonds. The van der Waals surface area contributed by atoms with Gasteiger partial charge in [0.05, 0.1) is 6.61 Å². The van der Waals surface area contributed by atoms with Crippen LogP contribution < -0.4 is 0 Å². The van der Waals surface area contributed by atoms with Crippen molar-refractivity contribution in [3.8, 4) is 0 Å². The highest BCUT2D eigenvalue weighted by Crippen LogP contribution is 2.29. The topological polar surface area (TPSA) is 12.5 Å². The molecule has 0 N–H and O–H groups in total. The van der Waals surface area contributed by atoms with Gasteiger partial charge in [0.15, 0.2) is 0 Å². The second-order valence-corrected chi connectivity index (χ2v) is 7.47. The van der Waals surface area contributed by atoms with Gasteiger partial charge in [0, 0.05) is 24.6 Å². The Kier molecular flexibility index (Phi) is 8.34. The lowest BCUT2D eigenvalue weighted by Crippen LogP contribution is -2.38. The Balaban J connectivity index is 2.25. The zero-order chi connectivity index (χ0) is 18.9. The molecule has 2 nitrogen and oxygen atoms in total. The molecule has 0 bridgehead atoms. The summed E-state index contributed by atoms with van der Waals surface area (Å²) in [6.45, 7) is 13.7. The second kappa shape index (κ2) is 10.5. The molecule has 141 valence electrons. The molecule has 0 saturated heterocycles. The van der Waals surface area contributed by atoms with Crippen molar-refractivity contribution in [3.63, 3.8) is 0 Å². The molecule has 0 spiro atoms. The maximum absolute atomic E-state index is 5.60. The first kappa shape index (κ1) is 20.7. The first-order chi connectivity index (χ1) is 12.5. The van der Waals surface area contributed by atoms with Crippen LogP contribution in [0.4, 0.5) is 0 Å². The van der Waals surface area contributed by atoms with Crippen molar-refractivity contribution in [1.82, 2.24) is 4.90 Å². The third-order valence-corrected chi connectivity index (χ3v) is 4.94. The normalized spacial score (nSPS) is 12.9. The monoisotopic (exact) mass is 352 g/mol. The van der Waals surface area contributed by atoms with E-state index in [4.69, 9.17) is 4.74 Å². The molecule has 1 unspecified atom stereocenters. The van der Waals surface area contributed by atoms with Gasteiger partial charge in [0.2, 0.25) is 0 Å². The Bertz CT molecular complexity index is 628. The van der Waals surface area contributed by atoms with Crippen LogP contribution in [0.25, 0.3) is 0 Å². The lowest BCUT2D eigenvalue weighted by molar-refractivity contribution is 0.134. The van der Waals surface area contributed by atoms with Gasteiger partial charge in [0.25, 0.3) is 0 Å². The van der Waals surface area contributed by atoms with Crippen LogP contribution in [0, 0.1) is 6.07 Å². The summed E-state index contributed by atoms with van der Waals surface area (Å²) in [4.78, 5) is 2.57. The maximum atomic E-state index is 5.60. The van der Waals surface area contributed by atoms with Crippen molar-refractivity contribution < 1.29 is 4.74 Å². The summed E-state index contributed by atoms with van der Waals surface area (Å²) in [5.41, 5.74) is 3.86. The summed E-state index contributed by atoms with van der Waals surface area (Å²) in [6.07, 6.45) is 1.09. The second-order valence-electron chi connectivity index (χ2n) is 7.47. The van der Waals surface area contributed by atoms with Gasteiger partial charge in [-0.2, -0.15) is 0 Å². The minimum absolute atomic E-state index is 0.359. The van der Waals surface area contributed by atoms with Crippen molar-refractivity contribution >= 4 is 0 Å². The van der Waals surface area contributed by atoms with Crippen LogP contribution in [0.15, 0.2) is 48.5 Å². The van der Waals surface area contributed by atoms with Gasteiger partial charge in [-0.3, -0.25) is 4.90 Å². The summed E-state index contributed by atoms with van der Waals surface area (Å²) in [5, 5.41) is 0. The molecule has 0 heterocycles. The van der Waals surface area contributed by atoms with Gasteiger partial charge in [-0.05, 0) is 70.3 Å². The number of ether oxygens (including phenoxy) is 1. The van der Waals surface area contributed by atoms with Crippen LogP contribution >= 0.6 is 0 Å². The van der Waals surface area contributed by atoms with Crippen molar-refractivity contribution in [2.45, 2.75) is 65.6 Å². The maximum Gasteiger partial charge on any atom is 0.0716 e. The molecule has 2 aromatic carbocycles. The van der Waals surface area contributed by atoms with Crippen molar-refractivity contribution in [2.24, 2.45) is 0 Å². The van der Waals surface area contributed by atoms with Gasteiger partial charge >= 0.3 is 0 Å². The highest BCUT2D eigenvalue weighted by molar-refractivity contribution is 5.34. The average Bonchev–Trinajstić information content (AvgIpc) is 2.64. The summed E-state index contributed by atoms with van der Waals surface area (Å²) in [6, 6.07) is 21.9. The largest absolute Gasteiger partial charge is 0.377 e. The molecular formula is C24H34NO. The fourth-order valence-corrected chi connectivity index (χ4v) is 3.62. The minimum atomic E-state index is 0.359. The van der Waals surface area contributed by atoms with Crippen LogP contribution in [0.5, 0.6) is 0 Å². The highest BCUT2D eigenvalue weighted by Gasteiger charge is 2.19. The smallest absolute Gasteiger partial charge is 0.0716 e. The molecule has 2 heteroatoms.